The molecule has 0 unspecified atom stereocenters. The number of nitrogens with zero attached hydrogens (tertiary/aromatic N) is 2. The van der Waals surface area contributed by atoms with Gasteiger partial charge in [0.2, 0.25) is 0 Å². The molecule has 0 saturated carbocycles. The number of aliphatic hydroxyl groups is 1. The summed E-state index contributed by atoms with van der Waals surface area (Å²) in [6, 6.07) is 18.1. The van der Waals surface area contributed by atoms with E-state index in [1.54, 1.807) is 0 Å². The Morgan fingerprint density at radius 2 is 1.62 bits per heavy atom. The Hall–Kier alpha value is -3.41. The number of esters is 1. The number of hydrogen-bond donors (Lipinski definition) is 1. The number of aliphatic hydroxyl groups excluding tert-OH is 1. The van der Waals surface area contributed by atoms with Gasteiger partial charge in [-0.1, -0.05) is 61.2 Å². The lowest BCUT2D eigenvalue weighted by molar-refractivity contribution is -0.143. The Kier molecular flexibility index (Phi) is 10.9. The normalized spacial score (nSPS) is 15.8. The first-order valence-electron chi connectivity index (χ1n) is 13.8. The third kappa shape index (κ3) is 8.54. The minimum atomic E-state index is -0.580. The fourth-order valence-electron chi connectivity index (χ4n) is 4.48. The lowest BCUT2D eigenvalue weighted by Gasteiger charge is -2.34. The van der Waals surface area contributed by atoms with Crippen LogP contribution in [0.5, 0.6) is 5.75 Å². The lowest BCUT2D eigenvalue weighted by Crippen LogP contribution is -2.43. The van der Waals surface area contributed by atoms with Crippen molar-refractivity contribution in [1.82, 2.24) is 9.80 Å². The van der Waals surface area contributed by atoms with Gasteiger partial charge in [-0.05, 0) is 93.6 Å². The molecular weight excluding hydrogens is 484 g/mol. The van der Waals surface area contributed by atoms with Crippen molar-refractivity contribution in [2.75, 3.05) is 39.8 Å². The molecule has 1 saturated heterocycles. The van der Waals surface area contributed by atoms with Crippen molar-refractivity contribution < 1.29 is 14.6 Å². The predicted molar refractivity (Wildman–Crippen MR) is 162 cm³/mol. The second kappa shape index (κ2) is 14.1. The smallest absolute Gasteiger partial charge is 0.316 e. The van der Waals surface area contributed by atoms with Gasteiger partial charge < -0.3 is 19.6 Å². The Bertz CT molecular complexity index is 1190. The Morgan fingerprint density at radius 1 is 0.974 bits per heavy atom. The van der Waals surface area contributed by atoms with Gasteiger partial charge in [-0.2, -0.15) is 0 Å². The standard InChI is InChI=1S/C34H44N2O3/c1-7-27(16-15-26(2)36-23-21-35(6)22-24-36)32(31(14-11-25-37)28-12-9-8-10-13-28)29-17-19-30(20-18-29)39-33(38)34(3,4)5/h7-10,12-13,15-20,37H,2,11,14,21-25H2,1,3-6H3/b16-15-,27-7+,32-31+. The van der Waals surface area contributed by atoms with Crippen molar-refractivity contribution in [3.05, 3.63) is 102 Å². The monoisotopic (exact) mass is 528 g/mol. The molecule has 0 amide bonds. The summed E-state index contributed by atoms with van der Waals surface area (Å²) in [5, 5.41) is 9.71. The molecule has 1 N–H and O–H groups in total. The number of ether oxygens (including phenoxy) is 1. The van der Waals surface area contributed by atoms with Gasteiger partial charge in [-0.3, -0.25) is 4.79 Å². The van der Waals surface area contributed by atoms with Gasteiger partial charge in [0.1, 0.15) is 5.75 Å². The first-order chi connectivity index (χ1) is 18.6. The Labute approximate surface area is 234 Å². The zero-order chi connectivity index (χ0) is 28.4. The highest BCUT2D eigenvalue weighted by Crippen LogP contribution is 2.37. The average molecular weight is 529 g/mol. The molecule has 5 nitrogen and oxygen atoms in total. The summed E-state index contributed by atoms with van der Waals surface area (Å²) >= 11 is 0. The predicted octanol–water partition coefficient (Wildman–Crippen LogP) is 6.59. The van der Waals surface area contributed by atoms with Gasteiger partial charge in [0.15, 0.2) is 0 Å². The number of benzene rings is 2. The van der Waals surface area contributed by atoms with Crippen molar-refractivity contribution in [3.8, 4) is 5.75 Å². The van der Waals surface area contributed by atoms with Crippen LogP contribution < -0.4 is 4.74 Å². The largest absolute Gasteiger partial charge is 0.426 e. The summed E-state index contributed by atoms with van der Waals surface area (Å²) in [5.41, 5.74) is 5.88. The van der Waals surface area contributed by atoms with Crippen molar-refractivity contribution in [2.45, 2.75) is 40.5 Å². The van der Waals surface area contributed by atoms with Gasteiger partial charge in [0.25, 0.3) is 0 Å². The molecular formula is C34H44N2O3. The Morgan fingerprint density at radius 3 is 2.18 bits per heavy atom. The Balaban J connectivity index is 2.04. The summed E-state index contributed by atoms with van der Waals surface area (Å²) < 4.78 is 5.63. The lowest BCUT2D eigenvalue weighted by atomic mass is 9.86. The van der Waals surface area contributed by atoms with E-state index in [9.17, 15) is 9.90 Å². The van der Waals surface area contributed by atoms with Gasteiger partial charge in [-0.25, -0.2) is 0 Å². The zero-order valence-electron chi connectivity index (χ0n) is 24.2. The van der Waals surface area contributed by atoms with Crippen LogP contribution in [0, 0.1) is 5.41 Å². The summed E-state index contributed by atoms with van der Waals surface area (Å²) in [5.74, 6) is 0.258. The van der Waals surface area contributed by atoms with Crippen LogP contribution >= 0.6 is 0 Å². The van der Waals surface area contributed by atoms with Gasteiger partial charge in [0, 0.05) is 38.5 Å². The minimum Gasteiger partial charge on any atom is -0.426 e. The molecule has 1 fully saturated rings. The molecule has 0 atom stereocenters. The first kappa shape index (κ1) is 30.1. The van der Waals surface area contributed by atoms with Crippen LogP contribution in [0.15, 0.2) is 90.7 Å². The zero-order valence-corrected chi connectivity index (χ0v) is 24.2. The van der Waals surface area contributed by atoms with E-state index >= 15 is 0 Å². The molecule has 39 heavy (non-hydrogen) atoms. The van der Waals surface area contributed by atoms with E-state index in [2.05, 4.69) is 53.8 Å². The molecule has 3 rings (SSSR count). The van der Waals surface area contributed by atoms with E-state index in [4.69, 9.17) is 4.74 Å². The fourth-order valence-corrected chi connectivity index (χ4v) is 4.48. The number of carbonyl (C=O) groups is 1. The molecule has 2 aromatic carbocycles. The third-order valence-corrected chi connectivity index (χ3v) is 6.94. The van der Waals surface area contributed by atoms with Crippen LogP contribution in [0.3, 0.4) is 0 Å². The van der Waals surface area contributed by atoms with E-state index in [0.29, 0.717) is 12.2 Å². The first-order valence-corrected chi connectivity index (χ1v) is 13.8. The molecule has 1 aliphatic heterocycles. The van der Waals surface area contributed by atoms with Crippen LogP contribution in [0.2, 0.25) is 0 Å². The number of hydrogen-bond acceptors (Lipinski definition) is 5. The van der Waals surface area contributed by atoms with Gasteiger partial charge in [-0.15, -0.1) is 0 Å². The quantitative estimate of drug-likeness (QED) is 0.163. The maximum atomic E-state index is 12.4. The molecule has 0 radical (unpaired) electrons. The second-order valence-electron chi connectivity index (χ2n) is 11.1. The molecule has 208 valence electrons. The van der Waals surface area contributed by atoms with Crippen molar-refractivity contribution in [3.63, 3.8) is 0 Å². The van der Waals surface area contributed by atoms with E-state index in [1.165, 1.54) is 0 Å². The van der Waals surface area contributed by atoms with Crippen LogP contribution in [0.4, 0.5) is 0 Å². The number of likely N-dealkylation sites (N-methyl/N-ethyl adjacent to an activating group) is 1. The van der Waals surface area contributed by atoms with E-state index in [0.717, 1.165) is 66.1 Å². The average Bonchev–Trinajstić information content (AvgIpc) is 2.93. The number of rotatable bonds is 10. The summed E-state index contributed by atoms with van der Waals surface area (Å²) in [6.45, 7) is 16.0. The summed E-state index contributed by atoms with van der Waals surface area (Å²) in [4.78, 5) is 17.1. The highest BCUT2D eigenvalue weighted by molar-refractivity contribution is 5.99. The number of piperazine rings is 1. The molecule has 0 aromatic heterocycles. The molecule has 0 bridgehead atoms. The third-order valence-electron chi connectivity index (χ3n) is 6.94. The molecule has 0 aliphatic carbocycles. The molecule has 2 aromatic rings. The highest BCUT2D eigenvalue weighted by atomic mass is 16.5. The SMILES string of the molecule is C=C(\C=C/C(=C\C)C(=C(/CCCO)c1ccccc1)/c1ccc(OC(=O)C(C)(C)C)cc1)N1CCN(C)CC1. The second-order valence-corrected chi connectivity index (χ2v) is 11.1. The molecule has 1 aliphatic rings. The van der Waals surface area contributed by atoms with E-state index in [-0.39, 0.29) is 12.6 Å². The maximum Gasteiger partial charge on any atom is 0.316 e. The van der Waals surface area contributed by atoms with Crippen LogP contribution in [0.1, 0.15) is 51.7 Å². The van der Waals surface area contributed by atoms with Gasteiger partial charge >= 0.3 is 5.97 Å². The van der Waals surface area contributed by atoms with Gasteiger partial charge in [0.05, 0.1) is 5.41 Å². The number of carbonyl (C=O) groups excluding carboxylic acids is 1. The topological polar surface area (TPSA) is 53.0 Å². The molecule has 0 spiro atoms. The van der Waals surface area contributed by atoms with E-state index in [1.807, 2.05) is 70.2 Å². The van der Waals surface area contributed by atoms with E-state index < -0.39 is 5.41 Å². The highest BCUT2D eigenvalue weighted by Gasteiger charge is 2.24. The van der Waals surface area contributed by atoms with Crippen LogP contribution in [-0.2, 0) is 4.79 Å². The van der Waals surface area contributed by atoms with Crippen LogP contribution in [-0.4, -0.2) is 60.7 Å². The molecule has 1 heterocycles. The maximum absolute atomic E-state index is 12.4. The van der Waals surface area contributed by atoms with Crippen molar-refractivity contribution in [1.29, 1.82) is 0 Å². The fraction of sp³-hybridized carbons (Fsp3) is 0.382. The molecule has 5 heteroatoms. The number of allylic oxidation sites excluding steroid dienone is 6. The summed E-state index contributed by atoms with van der Waals surface area (Å²) in [7, 11) is 2.15. The van der Waals surface area contributed by atoms with Crippen LogP contribution in [0.25, 0.3) is 11.1 Å². The van der Waals surface area contributed by atoms with Crippen molar-refractivity contribution in [2.24, 2.45) is 5.41 Å². The summed E-state index contributed by atoms with van der Waals surface area (Å²) in [6.07, 6.45) is 7.75. The van der Waals surface area contributed by atoms with Crippen molar-refractivity contribution >= 4 is 17.1 Å². The minimum absolute atomic E-state index is 0.118.